The Bertz CT molecular complexity index is 432. The predicted octanol–water partition coefficient (Wildman–Crippen LogP) is 1.17. The van der Waals surface area contributed by atoms with Crippen LogP contribution in [0.3, 0.4) is 0 Å². The predicted molar refractivity (Wildman–Crippen MR) is 80.8 cm³/mol. The maximum absolute atomic E-state index is 11.6. The maximum Gasteiger partial charge on any atom is 0.234 e. The number of carbonyl (C=O) groups is 2. The summed E-state index contributed by atoms with van der Waals surface area (Å²) < 4.78 is 0. The van der Waals surface area contributed by atoms with Crippen molar-refractivity contribution >= 4 is 35.0 Å². The third-order valence-corrected chi connectivity index (χ3v) is 3.35. The Morgan fingerprint density at radius 2 is 1.68 bits per heavy atom. The zero-order valence-electron chi connectivity index (χ0n) is 11.4. The topological polar surface area (TPSA) is 61.4 Å². The van der Waals surface area contributed by atoms with Gasteiger partial charge < -0.3 is 15.5 Å². The number of nitrogens with zero attached hydrogens (tertiary/aromatic N) is 1. The van der Waals surface area contributed by atoms with Crippen LogP contribution < -0.4 is 15.5 Å². The minimum atomic E-state index is -0.105. The van der Waals surface area contributed by atoms with Gasteiger partial charge in [0.1, 0.15) is 0 Å². The number of anilines is 2. The van der Waals surface area contributed by atoms with E-state index in [-0.39, 0.29) is 17.6 Å². The molecule has 0 atom stereocenters. The van der Waals surface area contributed by atoms with Crippen molar-refractivity contribution in [3.8, 4) is 0 Å². The van der Waals surface area contributed by atoms with Crippen LogP contribution in [-0.4, -0.2) is 44.5 Å². The van der Waals surface area contributed by atoms with Gasteiger partial charge in [-0.15, -0.1) is 11.8 Å². The molecule has 0 aromatic heterocycles. The molecule has 1 rings (SSSR count). The third kappa shape index (κ3) is 5.65. The second kappa shape index (κ2) is 7.68. The van der Waals surface area contributed by atoms with Crippen molar-refractivity contribution in [3.05, 3.63) is 24.3 Å². The molecule has 2 amide bonds. The van der Waals surface area contributed by atoms with E-state index in [4.69, 9.17) is 0 Å². The molecule has 2 N–H and O–H groups in total. The summed E-state index contributed by atoms with van der Waals surface area (Å²) in [7, 11) is 5.50. The maximum atomic E-state index is 11.6. The van der Waals surface area contributed by atoms with E-state index in [2.05, 4.69) is 10.6 Å². The molecule has 0 aliphatic heterocycles. The molecule has 6 heteroatoms. The van der Waals surface area contributed by atoms with Crippen molar-refractivity contribution in [1.29, 1.82) is 0 Å². The van der Waals surface area contributed by atoms with Gasteiger partial charge in [0.05, 0.1) is 11.5 Å². The number of nitrogens with one attached hydrogen (secondary N) is 2. The molecule has 5 nitrogen and oxygen atoms in total. The monoisotopic (exact) mass is 281 g/mol. The van der Waals surface area contributed by atoms with Gasteiger partial charge in [0.15, 0.2) is 0 Å². The number of amides is 2. The van der Waals surface area contributed by atoms with Gasteiger partial charge in [0.2, 0.25) is 11.8 Å². The fourth-order valence-corrected chi connectivity index (χ4v) is 2.04. The SMILES string of the molecule is CNC(=O)CSCC(=O)Nc1ccc(N(C)C)cc1. The molecule has 0 unspecified atom stereocenters. The molecule has 0 saturated heterocycles. The molecule has 0 saturated carbocycles. The lowest BCUT2D eigenvalue weighted by Gasteiger charge is -2.13. The first kappa shape index (κ1) is 15.4. The van der Waals surface area contributed by atoms with E-state index in [0.29, 0.717) is 5.75 Å². The van der Waals surface area contributed by atoms with Gasteiger partial charge in [-0.2, -0.15) is 0 Å². The summed E-state index contributed by atoms with van der Waals surface area (Å²) in [6, 6.07) is 7.59. The van der Waals surface area contributed by atoms with Crippen LogP contribution in [0.2, 0.25) is 0 Å². The van der Waals surface area contributed by atoms with Crippen LogP contribution in [0.15, 0.2) is 24.3 Å². The summed E-state index contributed by atoms with van der Waals surface area (Å²) in [5.41, 5.74) is 1.84. The quantitative estimate of drug-likeness (QED) is 0.822. The van der Waals surface area contributed by atoms with E-state index in [1.54, 1.807) is 7.05 Å². The molecular weight excluding hydrogens is 262 g/mol. The highest BCUT2D eigenvalue weighted by Gasteiger charge is 2.05. The number of thioether (sulfide) groups is 1. The van der Waals surface area contributed by atoms with Crippen LogP contribution in [0.4, 0.5) is 11.4 Å². The molecule has 104 valence electrons. The Balaban J connectivity index is 2.38. The Kier molecular flexibility index (Phi) is 6.21. The Morgan fingerprint density at radius 3 is 2.21 bits per heavy atom. The van der Waals surface area contributed by atoms with Crippen molar-refractivity contribution in [2.45, 2.75) is 0 Å². The molecule has 0 radical (unpaired) electrons. The Labute approximate surface area is 117 Å². The van der Waals surface area contributed by atoms with Gasteiger partial charge in [-0.05, 0) is 24.3 Å². The molecule has 0 bridgehead atoms. The van der Waals surface area contributed by atoms with Gasteiger partial charge in [-0.25, -0.2) is 0 Å². The van der Waals surface area contributed by atoms with E-state index >= 15 is 0 Å². The second-order valence-electron chi connectivity index (χ2n) is 4.16. The third-order valence-electron chi connectivity index (χ3n) is 2.41. The molecule has 19 heavy (non-hydrogen) atoms. The van der Waals surface area contributed by atoms with E-state index < -0.39 is 0 Å². The average molecular weight is 281 g/mol. The van der Waals surface area contributed by atoms with E-state index in [1.807, 2.05) is 43.3 Å². The molecule has 1 aromatic rings. The first-order chi connectivity index (χ1) is 9.02. The lowest BCUT2D eigenvalue weighted by Crippen LogP contribution is -2.22. The highest BCUT2D eigenvalue weighted by molar-refractivity contribution is 8.00. The van der Waals surface area contributed by atoms with Crippen LogP contribution in [-0.2, 0) is 9.59 Å². The summed E-state index contributed by atoms with van der Waals surface area (Å²) >= 11 is 1.29. The van der Waals surface area contributed by atoms with Crippen LogP contribution in [0.1, 0.15) is 0 Å². The lowest BCUT2D eigenvalue weighted by atomic mass is 10.2. The van der Waals surface area contributed by atoms with Crippen molar-refractivity contribution in [2.24, 2.45) is 0 Å². The Morgan fingerprint density at radius 1 is 1.11 bits per heavy atom. The normalized spacial score (nSPS) is 9.84. The van der Waals surface area contributed by atoms with Crippen LogP contribution in [0, 0.1) is 0 Å². The largest absolute Gasteiger partial charge is 0.378 e. The average Bonchev–Trinajstić information content (AvgIpc) is 2.39. The molecule has 1 aromatic carbocycles. The summed E-state index contributed by atoms with van der Waals surface area (Å²) in [6.45, 7) is 0. The minimum Gasteiger partial charge on any atom is -0.378 e. The zero-order chi connectivity index (χ0) is 14.3. The minimum absolute atomic E-state index is 0.0758. The molecule has 0 spiro atoms. The number of hydrogen-bond donors (Lipinski definition) is 2. The van der Waals surface area contributed by atoms with Crippen molar-refractivity contribution < 1.29 is 9.59 Å². The highest BCUT2D eigenvalue weighted by atomic mass is 32.2. The summed E-state index contributed by atoms with van der Waals surface area (Å²) in [5.74, 6) is 0.381. The Hall–Kier alpha value is -1.69. The number of rotatable bonds is 6. The number of hydrogen-bond acceptors (Lipinski definition) is 4. The molecule has 0 fully saturated rings. The van der Waals surface area contributed by atoms with Crippen molar-refractivity contribution in [1.82, 2.24) is 5.32 Å². The zero-order valence-corrected chi connectivity index (χ0v) is 12.2. The van der Waals surface area contributed by atoms with E-state index in [9.17, 15) is 9.59 Å². The van der Waals surface area contributed by atoms with Crippen LogP contribution in [0.25, 0.3) is 0 Å². The van der Waals surface area contributed by atoms with Gasteiger partial charge in [0.25, 0.3) is 0 Å². The first-order valence-electron chi connectivity index (χ1n) is 5.88. The lowest BCUT2D eigenvalue weighted by molar-refractivity contribution is -0.118. The second-order valence-corrected chi connectivity index (χ2v) is 5.14. The summed E-state index contributed by atoms with van der Waals surface area (Å²) in [6.07, 6.45) is 0. The van der Waals surface area contributed by atoms with Gasteiger partial charge >= 0.3 is 0 Å². The fraction of sp³-hybridized carbons (Fsp3) is 0.385. The van der Waals surface area contributed by atoms with Gasteiger partial charge in [-0.1, -0.05) is 0 Å². The number of carbonyl (C=O) groups excluding carboxylic acids is 2. The summed E-state index contributed by atoms with van der Waals surface area (Å²) in [5, 5.41) is 5.30. The first-order valence-corrected chi connectivity index (χ1v) is 7.04. The van der Waals surface area contributed by atoms with Crippen molar-refractivity contribution in [3.63, 3.8) is 0 Å². The molecule has 0 heterocycles. The molecule has 0 aliphatic rings. The van der Waals surface area contributed by atoms with Crippen LogP contribution >= 0.6 is 11.8 Å². The van der Waals surface area contributed by atoms with Crippen molar-refractivity contribution in [2.75, 3.05) is 42.9 Å². The molecule has 0 aliphatic carbocycles. The highest BCUT2D eigenvalue weighted by Crippen LogP contribution is 2.15. The van der Waals surface area contributed by atoms with Gasteiger partial charge in [-0.3, -0.25) is 9.59 Å². The van der Waals surface area contributed by atoms with E-state index in [0.717, 1.165) is 11.4 Å². The smallest absolute Gasteiger partial charge is 0.234 e. The fourth-order valence-electron chi connectivity index (χ4n) is 1.35. The summed E-state index contributed by atoms with van der Waals surface area (Å²) in [4.78, 5) is 24.6. The number of benzene rings is 1. The molecular formula is C13H19N3O2S. The van der Waals surface area contributed by atoms with Crippen LogP contribution in [0.5, 0.6) is 0 Å². The standard InChI is InChI=1S/C13H19N3O2S/c1-14-12(17)8-19-9-13(18)15-10-4-6-11(7-5-10)16(2)3/h4-7H,8-9H2,1-3H3,(H,14,17)(H,15,18). The van der Waals surface area contributed by atoms with E-state index in [1.165, 1.54) is 11.8 Å². The van der Waals surface area contributed by atoms with Gasteiger partial charge in [0, 0.05) is 32.5 Å².